The molecule has 2 saturated heterocycles. The minimum atomic E-state index is -0.603. The molecule has 7 heteroatoms. The monoisotopic (exact) mass is 293 g/mol. The highest BCUT2D eigenvalue weighted by molar-refractivity contribution is 5.92. The standard InChI is InChI=1S/C14H19N3O4/c1-17-10(7-2-3-7)4-8(16-17)14(19)15-9-5-20-13-11(18)6-21-12(9)13/h4,7,9,11-13,18H,2-3,5-6H2,1H3,(H,15,19)/t9-,11-,12-,13-/m1/s1. The van der Waals surface area contributed by atoms with Crippen molar-refractivity contribution >= 4 is 5.91 Å². The van der Waals surface area contributed by atoms with Crippen molar-refractivity contribution in [1.82, 2.24) is 15.1 Å². The average molecular weight is 293 g/mol. The summed E-state index contributed by atoms with van der Waals surface area (Å²) in [6.07, 6.45) is 1.14. The van der Waals surface area contributed by atoms with Gasteiger partial charge in [-0.1, -0.05) is 0 Å². The highest BCUT2D eigenvalue weighted by Gasteiger charge is 2.47. The predicted molar refractivity (Wildman–Crippen MR) is 71.9 cm³/mol. The van der Waals surface area contributed by atoms with Crippen LogP contribution in [0.3, 0.4) is 0 Å². The zero-order chi connectivity index (χ0) is 14.6. The Labute approximate surface area is 122 Å². The Balaban J connectivity index is 1.45. The van der Waals surface area contributed by atoms with E-state index in [0.717, 1.165) is 5.69 Å². The highest BCUT2D eigenvalue weighted by atomic mass is 16.6. The minimum Gasteiger partial charge on any atom is -0.388 e. The summed E-state index contributed by atoms with van der Waals surface area (Å²) in [5.41, 5.74) is 1.55. The first-order valence-electron chi connectivity index (χ1n) is 7.39. The average Bonchev–Trinajstić information content (AvgIpc) is 2.95. The molecule has 114 valence electrons. The molecule has 2 N–H and O–H groups in total. The Kier molecular flexibility index (Phi) is 3.02. The summed E-state index contributed by atoms with van der Waals surface area (Å²) in [4.78, 5) is 12.3. The molecule has 1 amide bonds. The zero-order valence-corrected chi connectivity index (χ0v) is 11.9. The second-order valence-corrected chi connectivity index (χ2v) is 6.10. The lowest BCUT2D eigenvalue weighted by atomic mass is 10.1. The zero-order valence-electron chi connectivity index (χ0n) is 11.9. The number of amides is 1. The summed E-state index contributed by atoms with van der Waals surface area (Å²) in [5, 5.41) is 16.9. The van der Waals surface area contributed by atoms with Crippen LogP contribution in [0.5, 0.6) is 0 Å². The summed E-state index contributed by atoms with van der Waals surface area (Å²) >= 11 is 0. The van der Waals surface area contributed by atoms with Crippen LogP contribution >= 0.6 is 0 Å². The summed E-state index contributed by atoms with van der Waals surface area (Å²) in [6.45, 7) is 0.623. The van der Waals surface area contributed by atoms with Crippen molar-refractivity contribution in [1.29, 1.82) is 0 Å². The SMILES string of the molecule is Cn1nc(C(=O)N[C@@H]2CO[C@H]3[C@@H]2OC[C@H]3O)cc1C1CC1. The van der Waals surface area contributed by atoms with Gasteiger partial charge in [-0.15, -0.1) is 0 Å². The van der Waals surface area contributed by atoms with Crippen molar-refractivity contribution in [3.63, 3.8) is 0 Å². The molecular formula is C14H19N3O4. The molecule has 0 spiro atoms. The van der Waals surface area contributed by atoms with Gasteiger partial charge < -0.3 is 19.9 Å². The van der Waals surface area contributed by atoms with Crippen LogP contribution in [0, 0.1) is 0 Å². The number of aromatic nitrogens is 2. The van der Waals surface area contributed by atoms with Crippen molar-refractivity contribution in [3.05, 3.63) is 17.5 Å². The Hall–Kier alpha value is -1.44. The van der Waals surface area contributed by atoms with Crippen molar-refractivity contribution in [2.24, 2.45) is 7.05 Å². The van der Waals surface area contributed by atoms with Gasteiger partial charge in [-0.25, -0.2) is 0 Å². The first-order chi connectivity index (χ1) is 10.1. The topological polar surface area (TPSA) is 85.6 Å². The van der Waals surface area contributed by atoms with Gasteiger partial charge in [0.1, 0.15) is 24.0 Å². The van der Waals surface area contributed by atoms with E-state index in [1.165, 1.54) is 12.8 Å². The summed E-state index contributed by atoms with van der Waals surface area (Å²) in [6, 6.07) is 1.64. The number of ether oxygens (including phenoxy) is 2. The largest absolute Gasteiger partial charge is 0.388 e. The molecule has 4 rings (SSSR count). The fraction of sp³-hybridized carbons (Fsp3) is 0.714. The number of nitrogens with zero attached hydrogens (tertiary/aromatic N) is 2. The van der Waals surface area contributed by atoms with Crippen LogP contribution in [0.2, 0.25) is 0 Å². The third-order valence-electron chi connectivity index (χ3n) is 4.49. The van der Waals surface area contributed by atoms with E-state index in [1.807, 2.05) is 13.1 Å². The molecule has 3 aliphatic rings. The van der Waals surface area contributed by atoms with E-state index in [9.17, 15) is 9.90 Å². The number of nitrogens with one attached hydrogen (secondary N) is 1. The molecule has 1 aromatic rings. The fourth-order valence-corrected chi connectivity index (χ4v) is 3.20. The fourth-order valence-electron chi connectivity index (χ4n) is 3.20. The normalized spacial score (nSPS) is 35.0. The van der Waals surface area contributed by atoms with E-state index in [2.05, 4.69) is 10.4 Å². The van der Waals surface area contributed by atoms with Crippen LogP contribution in [-0.2, 0) is 16.5 Å². The molecular weight excluding hydrogens is 274 g/mol. The van der Waals surface area contributed by atoms with Crippen LogP contribution in [0.4, 0.5) is 0 Å². The first-order valence-corrected chi connectivity index (χ1v) is 7.39. The van der Waals surface area contributed by atoms with Crippen LogP contribution in [0.15, 0.2) is 6.07 Å². The lowest BCUT2D eigenvalue weighted by molar-refractivity contribution is 0.0178. The smallest absolute Gasteiger partial charge is 0.272 e. The summed E-state index contributed by atoms with van der Waals surface area (Å²) in [5.74, 6) is 0.341. The summed E-state index contributed by atoms with van der Waals surface area (Å²) in [7, 11) is 1.87. The van der Waals surface area contributed by atoms with Gasteiger partial charge in [0.05, 0.1) is 19.3 Å². The quantitative estimate of drug-likeness (QED) is 0.789. The Morgan fingerprint density at radius 3 is 2.90 bits per heavy atom. The number of fused-ring (bicyclic) bond motifs is 1. The maximum Gasteiger partial charge on any atom is 0.272 e. The second kappa shape index (κ2) is 4.79. The second-order valence-electron chi connectivity index (χ2n) is 6.10. The van der Waals surface area contributed by atoms with Crippen molar-refractivity contribution in [2.75, 3.05) is 13.2 Å². The third-order valence-corrected chi connectivity index (χ3v) is 4.49. The van der Waals surface area contributed by atoms with Gasteiger partial charge in [0.25, 0.3) is 5.91 Å². The van der Waals surface area contributed by atoms with E-state index in [1.54, 1.807) is 4.68 Å². The van der Waals surface area contributed by atoms with Crippen LogP contribution < -0.4 is 5.32 Å². The molecule has 7 nitrogen and oxygen atoms in total. The van der Waals surface area contributed by atoms with E-state index >= 15 is 0 Å². The van der Waals surface area contributed by atoms with Gasteiger partial charge in [-0.05, 0) is 18.9 Å². The van der Waals surface area contributed by atoms with Gasteiger partial charge in [0, 0.05) is 18.7 Å². The van der Waals surface area contributed by atoms with Crippen LogP contribution in [0.1, 0.15) is 34.9 Å². The lowest BCUT2D eigenvalue weighted by Crippen LogP contribution is -2.44. The molecule has 0 aromatic carbocycles. The number of hydrogen-bond acceptors (Lipinski definition) is 5. The number of rotatable bonds is 3. The summed E-state index contributed by atoms with van der Waals surface area (Å²) < 4.78 is 12.8. The predicted octanol–water partition coefficient (Wildman–Crippen LogP) is -0.446. The molecule has 1 aromatic heterocycles. The lowest BCUT2D eigenvalue weighted by Gasteiger charge is -2.16. The van der Waals surface area contributed by atoms with Gasteiger partial charge in [-0.2, -0.15) is 5.10 Å². The minimum absolute atomic E-state index is 0.211. The number of aliphatic hydroxyl groups is 1. The first kappa shape index (κ1) is 13.2. The number of aliphatic hydroxyl groups excluding tert-OH is 1. The molecule has 3 fully saturated rings. The number of carbonyl (C=O) groups is 1. The molecule has 0 bridgehead atoms. The highest BCUT2D eigenvalue weighted by Crippen LogP contribution is 2.40. The maximum absolute atomic E-state index is 12.3. The Morgan fingerprint density at radius 1 is 1.38 bits per heavy atom. The van der Waals surface area contributed by atoms with Crippen molar-refractivity contribution < 1.29 is 19.4 Å². The van der Waals surface area contributed by atoms with Crippen molar-refractivity contribution in [3.8, 4) is 0 Å². The molecule has 2 aliphatic heterocycles. The molecule has 1 saturated carbocycles. The molecule has 3 heterocycles. The van der Waals surface area contributed by atoms with Gasteiger partial charge in [-0.3, -0.25) is 9.48 Å². The maximum atomic E-state index is 12.3. The molecule has 4 atom stereocenters. The number of hydrogen-bond donors (Lipinski definition) is 2. The Bertz CT molecular complexity index is 569. The Morgan fingerprint density at radius 2 is 2.14 bits per heavy atom. The van der Waals surface area contributed by atoms with Crippen LogP contribution in [0.25, 0.3) is 0 Å². The van der Waals surface area contributed by atoms with E-state index in [-0.39, 0.29) is 30.8 Å². The third kappa shape index (κ3) is 2.25. The van der Waals surface area contributed by atoms with E-state index < -0.39 is 6.10 Å². The molecule has 1 aliphatic carbocycles. The van der Waals surface area contributed by atoms with Gasteiger partial charge in [0.15, 0.2) is 0 Å². The van der Waals surface area contributed by atoms with Crippen molar-refractivity contribution in [2.45, 2.75) is 43.1 Å². The number of aryl methyl sites for hydroxylation is 1. The number of carbonyl (C=O) groups excluding carboxylic acids is 1. The van der Waals surface area contributed by atoms with E-state index in [0.29, 0.717) is 18.2 Å². The van der Waals surface area contributed by atoms with Gasteiger partial charge in [0.2, 0.25) is 0 Å². The molecule has 0 unspecified atom stereocenters. The molecule has 0 radical (unpaired) electrons. The van der Waals surface area contributed by atoms with Gasteiger partial charge >= 0.3 is 0 Å². The molecule has 21 heavy (non-hydrogen) atoms. The van der Waals surface area contributed by atoms with E-state index in [4.69, 9.17) is 9.47 Å². The van der Waals surface area contributed by atoms with Crippen LogP contribution in [-0.4, -0.2) is 58.4 Å².